The average molecular weight is 679 g/mol. The van der Waals surface area contributed by atoms with E-state index >= 15 is 0 Å². The van der Waals surface area contributed by atoms with Crippen molar-refractivity contribution >= 4 is 35.8 Å². The highest BCUT2D eigenvalue weighted by Crippen LogP contribution is 2.57. The molecule has 0 spiro atoms. The van der Waals surface area contributed by atoms with Crippen LogP contribution >= 0.6 is 0 Å². The summed E-state index contributed by atoms with van der Waals surface area (Å²) in [6.07, 6.45) is -6.28. The molecule has 0 aromatic carbocycles. The van der Waals surface area contributed by atoms with Gasteiger partial charge in [-0.2, -0.15) is 0 Å². The molecule has 268 valence electrons. The molecule has 2 fully saturated rings. The van der Waals surface area contributed by atoms with Gasteiger partial charge in [-0.1, -0.05) is 46.8 Å². The first kappa shape index (κ1) is 38.7. The second-order valence-corrected chi connectivity index (χ2v) is 13.8. The third-order valence-electron chi connectivity index (χ3n) is 9.98. The van der Waals surface area contributed by atoms with Crippen LogP contribution in [0.4, 0.5) is 0 Å². The third kappa shape index (κ3) is 7.45. The molecule has 1 saturated heterocycles. The largest absolute Gasteiger partial charge is 0.461 e. The first-order valence-corrected chi connectivity index (χ1v) is 16.4. The average Bonchev–Trinajstić information content (AvgIpc) is 3.19. The molecule has 0 aromatic heterocycles. The number of ether oxygens (including phenoxy) is 6. The van der Waals surface area contributed by atoms with Crippen molar-refractivity contribution < 1.29 is 62.3 Å². The van der Waals surface area contributed by atoms with Crippen molar-refractivity contribution in [2.45, 2.75) is 131 Å². The summed E-state index contributed by atoms with van der Waals surface area (Å²) < 4.78 is 35.4. The van der Waals surface area contributed by atoms with Gasteiger partial charge in [-0.15, -0.1) is 0 Å². The minimum Gasteiger partial charge on any atom is -0.461 e. The summed E-state index contributed by atoms with van der Waals surface area (Å²) in [7, 11) is 0. The second kappa shape index (κ2) is 14.8. The van der Waals surface area contributed by atoms with Crippen molar-refractivity contribution in [2.24, 2.45) is 29.1 Å². The molecule has 1 aliphatic heterocycles. The summed E-state index contributed by atoms with van der Waals surface area (Å²) in [5, 5.41) is 12.7. The lowest BCUT2D eigenvalue weighted by Gasteiger charge is -2.57. The van der Waals surface area contributed by atoms with E-state index in [1.165, 1.54) is 19.9 Å². The zero-order valence-corrected chi connectivity index (χ0v) is 29.5. The van der Waals surface area contributed by atoms with Crippen LogP contribution < -0.4 is 0 Å². The number of carbonyl (C=O) groups excluding carboxylic acids is 6. The molecule has 1 heterocycles. The van der Waals surface area contributed by atoms with E-state index in [2.05, 4.69) is 6.58 Å². The maximum absolute atomic E-state index is 13.5. The Morgan fingerprint density at radius 3 is 2.04 bits per heavy atom. The van der Waals surface area contributed by atoms with E-state index in [4.69, 9.17) is 28.4 Å². The molecule has 0 aromatic rings. The van der Waals surface area contributed by atoms with Crippen molar-refractivity contribution in [3.8, 4) is 0 Å². The Morgan fingerprint density at radius 1 is 0.958 bits per heavy atom. The number of carbonyl (C=O) groups is 6. The number of fused-ring (bicyclic) bond motifs is 2. The molecular formula is C35H50O13. The fourth-order valence-corrected chi connectivity index (χ4v) is 7.07. The van der Waals surface area contributed by atoms with Crippen LogP contribution in [0.1, 0.15) is 88.5 Å². The zero-order valence-electron chi connectivity index (χ0n) is 29.5. The van der Waals surface area contributed by atoms with Gasteiger partial charge in [-0.25, -0.2) is 0 Å². The summed E-state index contributed by atoms with van der Waals surface area (Å²) in [5.74, 6) is -7.85. The number of hydrogen-bond donors (Lipinski definition) is 1. The highest BCUT2D eigenvalue weighted by atomic mass is 16.6. The van der Waals surface area contributed by atoms with Crippen LogP contribution in [0.15, 0.2) is 23.8 Å². The van der Waals surface area contributed by atoms with E-state index < -0.39 is 107 Å². The number of hydrogen-bond acceptors (Lipinski definition) is 13. The summed E-state index contributed by atoms with van der Waals surface area (Å²) in [4.78, 5) is 77.9. The second-order valence-electron chi connectivity index (χ2n) is 13.8. The fourth-order valence-electron chi connectivity index (χ4n) is 7.07. The smallest absolute Gasteiger partial charge is 0.312 e. The van der Waals surface area contributed by atoms with Gasteiger partial charge in [-0.3, -0.25) is 28.8 Å². The van der Waals surface area contributed by atoms with Crippen LogP contribution in [-0.4, -0.2) is 83.1 Å². The van der Waals surface area contributed by atoms with Gasteiger partial charge in [0.15, 0.2) is 11.7 Å². The topological polar surface area (TPSA) is 178 Å². The number of esters is 6. The van der Waals surface area contributed by atoms with Crippen molar-refractivity contribution in [3.05, 3.63) is 23.8 Å². The van der Waals surface area contributed by atoms with E-state index in [-0.39, 0.29) is 18.4 Å². The van der Waals surface area contributed by atoms with Crippen LogP contribution in [0, 0.1) is 29.1 Å². The Morgan fingerprint density at radius 2 is 1.52 bits per heavy atom. The molecule has 0 bridgehead atoms. The quantitative estimate of drug-likeness (QED) is 0.224. The van der Waals surface area contributed by atoms with Crippen LogP contribution in [0.5, 0.6) is 0 Å². The molecule has 13 heteroatoms. The number of rotatable bonds is 8. The van der Waals surface area contributed by atoms with Crippen LogP contribution in [0.3, 0.4) is 0 Å². The van der Waals surface area contributed by atoms with Crippen molar-refractivity contribution in [2.75, 3.05) is 0 Å². The minimum absolute atomic E-state index is 0.106. The molecule has 3 aliphatic rings. The highest BCUT2D eigenvalue weighted by molar-refractivity contribution is 5.78. The molecule has 11 unspecified atom stereocenters. The van der Waals surface area contributed by atoms with Gasteiger partial charge in [0.25, 0.3) is 0 Å². The molecule has 48 heavy (non-hydrogen) atoms. The summed E-state index contributed by atoms with van der Waals surface area (Å²) >= 11 is 0. The maximum atomic E-state index is 13.5. The fraction of sp³-hybridized carbons (Fsp3) is 0.714. The Bertz CT molecular complexity index is 1350. The van der Waals surface area contributed by atoms with Gasteiger partial charge < -0.3 is 33.5 Å². The van der Waals surface area contributed by atoms with Crippen molar-refractivity contribution in [1.82, 2.24) is 0 Å². The Labute approximate surface area is 281 Å². The molecule has 0 radical (unpaired) electrons. The first-order valence-electron chi connectivity index (χ1n) is 16.4. The van der Waals surface area contributed by atoms with E-state index in [1.807, 2.05) is 6.92 Å². The monoisotopic (exact) mass is 678 g/mol. The molecule has 3 rings (SSSR count). The maximum Gasteiger partial charge on any atom is 0.312 e. The van der Waals surface area contributed by atoms with Crippen LogP contribution in [0.2, 0.25) is 0 Å². The van der Waals surface area contributed by atoms with Gasteiger partial charge >= 0.3 is 35.8 Å². The van der Waals surface area contributed by atoms with Gasteiger partial charge in [0.05, 0.1) is 23.2 Å². The lowest BCUT2D eigenvalue weighted by Crippen LogP contribution is -2.68. The molecule has 1 saturated carbocycles. The SMILES string of the molecule is C=C1CC(OC(C)=O)C(OC(C)=O)C2(C)C(OC(=O)C(C)C)CC(OC(=O)C(C)CC)C(C)=CC3OC(=O)C(C)C3(O)C(OC(C)=O)C12. The Balaban J connectivity index is 2.50. The van der Waals surface area contributed by atoms with Crippen molar-refractivity contribution in [3.63, 3.8) is 0 Å². The number of aliphatic hydroxyl groups is 1. The van der Waals surface area contributed by atoms with Crippen LogP contribution in [-0.2, 0) is 57.2 Å². The standard InChI is InChI=1S/C35H50O13/c1-12-17(4)32(40)46-24-15-26(47-31(39)16(2)3)34(11)28(19(6)13-25(43-21(8)36)29(34)44-22(9)37)30(45-23(10)38)35(42)20(7)33(41)48-27(35)14-18(24)5/h14,16-17,20,24-30,42H,6,12-13,15H2,1-5,7-11H3. The summed E-state index contributed by atoms with van der Waals surface area (Å²) in [6, 6.07) is 0. The first-order chi connectivity index (χ1) is 22.2. The lowest BCUT2D eigenvalue weighted by atomic mass is 9.54. The molecule has 13 nitrogen and oxygen atoms in total. The molecule has 0 amide bonds. The summed E-state index contributed by atoms with van der Waals surface area (Å²) in [5.41, 5.74) is -3.31. The normalized spacial score (nSPS) is 35.5. The highest BCUT2D eigenvalue weighted by Gasteiger charge is 2.69. The lowest BCUT2D eigenvalue weighted by molar-refractivity contribution is -0.238. The van der Waals surface area contributed by atoms with Crippen molar-refractivity contribution in [1.29, 1.82) is 0 Å². The minimum atomic E-state index is -2.25. The van der Waals surface area contributed by atoms with E-state index in [0.29, 0.717) is 12.0 Å². The summed E-state index contributed by atoms with van der Waals surface area (Å²) in [6.45, 7) is 19.1. The predicted octanol–water partition coefficient (Wildman–Crippen LogP) is 3.53. The van der Waals surface area contributed by atoms with Gasteiger partial charge in [0.1, 0.15) is 30.5 Å². The third-order valence-corrected chi connectivity index (χ3v) is 9.98. The van der Waals surface area contributed by atoms with Gasteiger partial charge in [0, 0.05) is 39.5 Å². The molecule has 1 N–H and O–H groups in total. The van der Waals surface area contributed by atoms with Gasteiger partial charge in [0.2, 0.25) is 0 Å². The molecular weight excluding hydrogens is 628 g/mol. The van der Waals surface area contributed by atoms with Gasteiger partial charge in [-0.05, 0) is 31.9 Å². The predicted molar refractivity (Wildman–Crippen MR) is 168 cm³/mol. The molecule has 11 atom stereocenters. The van der Waals surface area contributed by atoms with Crippen LogP contribution in [0.25, 0.3) is 0 Å². The molecule has 2 aliphatic carbocycles. The zero-order chi connectivity index (χ0) is 36.5. The van der Waals surface area contributed by atoms with E-state index in [0.717, 1.165) is 13.8 Å². The Kier molecular flexibility index (Phi) is 11.9. The van der Waals surface area contributed by atoms with E-state index in [1.54, 1.807) is 34.6 Å². The Hall–Kier alpha value is -3.74. The van der Waals surface area contributed by atoms with E-state index in [9.17, 15) is 33.9 Å².